The number of carbonyl (C=O) groups is 1. The summed E-state index contributed by atoms with van der Waals surface area (Å²) in [5.74, 6) is 0.00104. The minimum absolute atomic E-state index is 0.206. The second-order valence-corrected chi connectivity index (χ2v) is 6.27. The van der Waals surface area contributed by atoms with Crippen LogP contribution >= 0.6 is 24.0 Å². The van der Waals surface area contributed by atoms with E-state index in [-0.39, 0.29) is 24.0 Å². The molecule has 0 radical (unpaired) electrons. The molecule has 1 aromatic carbocycles. The van der Waals surface area contributed by atoms with Crippen LogP contribution in [-0.4, -0.2) is 25.3 Å². The van der Waals surface area contributed by atoms with Crippen molar-refractivity contribution >= 4 is 40.3 Å². The van der Waals surface area contributed by atoms with Gasteiger partial charge in [-0.1, -0.05) is 30.0 Å². The summed E-state index contributed by atoms with van der Waals surface area (Å²) < 4.78 is 5.69. The predicted octanol–water partition coefficient (Wildman–Crippen LogP) is 3.09. The number of phenolic OH excluding ortho intramolecular Hbond substituents is 2. The Labute approximate surface area is 135 Å². The van der Waals surface area contributed by atoms with Gasteiger partial charge in [-0.15, -0.1) is 0 Å². The molecule has 7 heteroatoms. The molecule has 0 spiro atoms. The Morgan fingerprint density at radius 2 is 2.09 bits per heavy atom. The number of phenols is 2. The fourth-order valence-electron chi connectivity index (χ4n) is 1.98. The molecule has 1 aromatic heterocycles. The molecule has 0 saturated carbocycles. The van der Waals surface area contributed by atoms with Crippen molar-refractivity contribution in [3.63, 3.8) is 0 Å². The Bertz CT molecular complexity index is 768. The lowest BCUT2D eigenvalue weighted by molar-refractivity contribution is -0.122. The molecule has 2 N–H and O–H groups in total. The lowest BCUT2D eigenvalue weighted by atomic mass is 10.2. The van der Waals surface area contributed by atoms with Crippen molar-refractivity contribution in [2.45, 2.75) is 6.54 Å². The first-order valence-electron chi connectivity index (χ1n) is 6.34. The lowest BCUT2D eigenvalue weighted by Gasteiger charge is -2.11. The van der Waals surface area contributed by atoms with Gasteiger partial charge in [0.05, 0.1) is 17.7 Å². The molecule has 0 unspecified atom stereocenters. The maximum Gasteiger partial charge on any atom is 0.266 e. The molecule has 2 aromatic rings. The van der Waals surface area contributed by atoms with E-state index in [1.165, 1.54) is 28.8 Å². The van der Waals surface area contributed by atoms with Gasteiger partial charge in [0.2, 0.25) is 0 Å². The normalized spacial score (nSPS) is 16.7. The van der Waals surface area contributed by atoms with Gasteiger partial charge in [-0.05, 0) is 35.9 Å². The van der Waals surface area contributed by atoms with Gasteiger partial charge in [0, 0.05) is 0 Å². The zero-order valence-corrected chi connectivity index (χ0v) is 12.9. The summed E-state index contributed by atoms with van der Waals surface area (Å²) in [6.07, 6.45) is 3.17. The second kappa shape index (κ2) is 5.86. The van der Waals surface area contributed by atoms with Gasteiger partial charge in [0.1, 0.15) is 10.1 Å². The number of rotatable bonds is 3. The molecule has 1 amide bonds. The van der Waals surface area contributed by atoms with E-state index in [0.29, 0.717) is 20.5 Å². The van der Waals surface area contributed by atoms with Gasteiger partial charge in [0.15, 0.2) is 11.5 Å². The van der Waals surface area contributed by atoms with Gasteiger partial charge in [-0.3, -0.25) is 9.69 Å². The van der Waals surface area contributed by atoms with E-state index >= 15 is 0 Å². The standard InChI is InChI=1S/C15H11NO4S2/c17-11-4-3-9(6-12(11)18)7-13-14(19)16(15(21)22-13)8-10-2-1-5-20-10/h1-7,17-18H,8H2. The van der Waals surface area contributed by atoms with E-state index in [2.05, 4.69) is 0 Å². The number of thiocarbonyl (C=S) groups is 1. The first-order chi connectivity index (χ1) is 10.5. The fourth-order valence-corrected chi connectivity index (χ4v) is 3.23. The minimum atomic E-state index is -0.236. The number of amides is 1. The number of nitrogens with zero attached hydrogens (tertiary/aromatic N) is 1. The third-order valence-electron chi connectivity index (χ3n) is 3.06. The SMILES string of the molecule is O=C1C(=Cc2ccc(O)c(O)c2)SC(=S)N1Cc1ccco1. The topological polar surface area (TPSA) is 73.9 Å². The number of carbonyl (C=O) groups excluding carboxylic acids is 1. The van der Waals surface area contributed by atoms with E-state index in [1.54, 1.807) is 30.5 Å². The average molecular weight is 333 g/mol. The molecule has 112 valence electrons. The van der Waals surface area contributed by atoms with Crippen LogP contribution in [0.5, 0.6) is 11.5 Å². The summed E-state index contributed by atoms with van der Waals surface area (Å²) in [6, 6.07) is 7.88. The number of furan rings is 1. The summed E-state index contributed by atoms with van der Waals surface area (Å²) in [4.78, 5) is 14.3. The van der Waals surface area contributed by atoms with Crippen LogP contribution in [0.1, 0.15) is 11.3 Å². The van der Waals surface area contributed by atoms with E-state index < -0.39 is 0 Å². The highest BCUT2D eigenvalue weighted by Crippen LogP contribution is 2.34. The average Bonchev–Trinajstić information content (AvgIpc) is 3.08. The molecule has 2 heterocycles. The van der Waals surface area contributed by atoms with Gasteiger partial charge in [-0.2, -0.15) is 0 Å². The van der Waals surface area contributed by atoms with Crippen molar-refractivity contribution in [3.05, 3.63) is 52.8 Å². The number of benzene rings is 1. The molecule has 0 bridgehead atoms. The smallest absolute Gasteiger partial charge is 0.266 e. The molecule has 22 heavy (non-hydrogen) atoms. The molecule has 1 aliphatic heterocycles. The molecule has 1 fully saturated rings. The van der Waals surface area contributed by atoms with E-state index in [4.69, 9.17) is 16.6 Å². The summed E-state index contributed by atoms with van der Waals surface area (Å²) >= 11 is 6.42. The summed E-state index contributed by atoms with van der Waals surface area (Å²) in [6.45, 7) is 0.288. The van der Waals surface area contributed by atoms with Crippen LogP contribution < -0.4 is 0 Å². The summed E-state index contributed by atoms with van der Waals surface area (Å²) in [5.41, 5.74) is 0.605. The monoisotopic (exact) mass is 333 g/mol. The van der Waals surface area contributed by atoms with Crippen molar-refractivity contribution in [3.8, 4) is 11.5 Å². The van der Waals surface area contributed by atoms with E-state index in [9.17, 15) is 15.0 Å². The van der Waals surface area contributed by atoms with Crippen molar-refractivity contribution < 1.29 is 19.4 Å². The zero-order valence-electron chi connectivity index (χ0n) is 11.2. The Kier molecular flexibility index (Phi) is 3.91. The highest BCUT2D eigenvalue weighted by molar-refractivity contribution is 8.26. The van der Waals surface area contributed by atoms with E-state index in [0.717, 1.165) is 0 Å². The number of thioether (sulfide) groups is 1. The van der Waals surface area contributed by atoms with Crippen molar-refractivity contribution in [1.82, 2.24) is 4.90 Å². The van der Waals surface area contributed by atoms with Gasteiger partial charge < -0.3 is 14.6 Å². The number of aromatic hydroxyl groups is 2. The van der Waals surface area contributed by atoms with Crippen LogP contribution in [0.4, 0.5) is 0 Å². The first-order valence-corrected chi connectivity index (χ1v) is 7.57. The van der Waals surface area contributed by atoms with E-state index in [1.807, 2.05) is 0 Å². The van der Waals surface area contributed by atoms with Crippen LogP contribution in [0.15, 0.2) is 45.9 Å². The minimum Gasteiger partial charge on any atom is -0.504 e. The Hall–Kier alpha value is -2.25. The second-order valence-electron chi connectivity index (χ2n) is 4.60. The van der Waals surface area contributed by atoms with Gasteiger partial charge in [0.25, 0.3) is 5.91 Å². The van der Waals surface area contributed by atoms with Gasteiger partial charge in [-0.25, -0.2) is 0 Å². The molecule has 5 nitrogen and oxygen atoms in total. The first kappa shape index (κ1) is 14.7. The van der Waals surface area contributed by atoms with Crippen LogP contribution in [-0.2, 0) is 11.3 Å². The maximum absolute atomic E-state index is 12.4. The third-order valence-corrected chi connectivity index (χ3v) is 4.44. The molecular formula is C15H11NO4S2. The highest BCUT2D eigenvalue weighted by Gasteiger charge is 2.32. The molecule has 1 saturated heterocycles. The van der Waals surface area contributed by atoms with Crippen molar-refractivity contribution in [2.24, 2.45) is 0 Å². The van der Waals surface area contributed by atoms with Crippen LogP contribution in [0.3, 0.4) is 0 Å². The van der Waals surface area contributed by atoms with Crippen molar-refractivity contribution in [1.29, 1.82) is 0 Å². The Morgan fingerprint density at radius 1 is 1.27 bits per heavy atom. The lowest BCUT2D eigenvalue weighted by Crippen LogP contribution is -2.27. The molecule has 1 aliphatic rings. The fraction of sp³-hybridized carbons (Fsp3) is 0.0667. The Morgan fingerprint density at radius 3 is 2.77 bits per heavy atom. The molecule has 0 aliphatic carbocycles. The largest absolute Gasteiger partial charge is 0.504 e. The highest BCUT2D eigenvalue weighted by atomic mass is 32.2. The predicted molar refractivity (Wildman–Crippen MR) is 87.2 cm³/mol. The summed E-state index contributed by atoms with van der Waals surface area (Å²) in [5, 5.41) is 18.8. The van der Waals surface area contributed by atoms with Crippen LogP contribution in [0.25, 0.3) is 6.08 Å². The Balaban J connectivity index is 1.83. The van der Waals surface area contributed by atoms with Crippen LogP contribution in [0, 0.1) is 0 Å². The third kappa shape index (κ3) is 2.86. The molecule has 3 rings (SSSR count). The molecular weight excluding hydrogens is 322 g/mol. The maximum atomic E-state index is 12.4. The zero-order chi connectivity index (χ0) is 15.7. The molecule has 0 atom stereocenters. The quantitative estimate of drug-likeness (QED) is 0.511. The number of hydrogen-bond donors (Lipinski definition) is 2. The van der Waals surface area contributed by atoms with Gasteiger partial charge >= 0.3 is 0 Å². The van der Waals surface area contributed by atoms with Crippen molar-refractivity contribution in [2.75, 3.05) is 0 Å². The summed E-state index contributed by atoms with van der Waals surface area (Å²) in [7, 11) is 0. The number of hydrogen-bond acceptors (Lipinski definition) is 6. The van der Waals surface area contributed by atoms with Crippen LogP contribution in [0.2, 0.25) is 0 Å².